The van der Waals surface area contributed by atoms with E-state index < -0.39 is 0 Å². The van der Waals surface area contributed by atoms with Gasteiger partial charge in [-0.1, -0.05) is 116 Å². The predicted molar refractivity (Wildman–Crippen MR) is 225 cm³/mol. The molecule has 8 rings (SSSR count). The summed E-state index contributed by atoms with van der Waals surface area (Å²) in [4.78, 5) is 4.95. The van der Waals surface area contributed by atoms with Crippen LogP contribution < -0.4 is 4.74 Å². The molecule has 0 radical (unpaired) electrons. The zero-order chi connectivity index (χ0) is 36.7. The molecule has 5 aromatic carbocycles. The number of thiophene rings is 1. The molecule has 0 N–H and O–H groups in total. The Morgan fingerprint density at radius 1 is 0.615 bits per heavy atom. The Morgan fingerprint density at radius 3 is 2.04 bits per heavy atom. The number of halogens is 1. The van der Waals surface area contributed by atoms with Gasteiger partial charge in [-0.25, -0.2) is 4.98 Å². The molecule has 0 unspecified atom stereocenters. The van der Waals surface area contributed by atoms with Gasteiger partial charge in [-0.05, 0) is 98.7 Å². The highest BCUT2D eigenvalue weighted by Gasteiger charge is 2.27. The summed E-state index contributed by atoms with van der Waals surface area (Å²) in [7, 11) is 0. The Bertz CT molecular complexity index is 2640. The van der Waals surface area contributed by atoms with Gasteiger partial charge in [0.1, 0.15) is 17.3 Å². The van der Waals surface area contributed by atoms with Crippen LogP contribution in [0.25, 0.3) is 58.9 Å². The standard InChI is InChI=1S/C47H45ClN2OS/c1-45(2,3)29-21-22-49-41(25-29)50-38-20-19-34-33-13-10-11-16-40(33)52-44(34)43(38)35-18-17-31(27-39(35)50)51-32-24-28(23-30(48)26-32)42-36(46(4,5)6)14-12-15-37(42)47(7,8)9/h10-27H,1-9H3. The third-order valence-electron chi connectivity index (χ3n) is 10.2. The van der Waals surface area contributed by atoms with E-state index in [1.807, 2.05) is 23.6 Å². The van der Waals surface area contributed by atoms with Gasteiger partial charge in [-0.3, -0.25) is 4.57 Å². The third kappa shape index (κ3) is 5.96. The summed E-state index contributed by atoms with van der Waals surface area (Å²) in [6, 6.07) is 36.8. The monoisotopic (exact) mass is 720 g/mol. The quantitative estimate of drug-likeness (QED) is 0.181. The van der Waals surface area contributed by atoms with Crippen molar-refractivity contribution in [2.24, 2.45) is 0 Å². The number of hydrogen-bond acceptors (Lipinski definition) is 3. The van der Waals surface area contributed by atoms with Crippen LogP contribution in [-0.2, 0) is 16.2 Å². The molecular weight excluding hydrogens is 676 g/mol. The van der Waals surface area contributed by atoms with Crippen molar-refractivity contribution in [1.82, 2.24) is 9.55 Å². The van der Waals surface area contributed by atoms with Gasteiger partial charge in [0.05, 0.1) is 11.0 Å². The summed E-state index contributed by atoms with van der Waals surface area (Å²) in [6.45, 7) is 20.4. The van der Waals surface area contributed by atoms with Gasteiger partial charge in [-0.2, -0.15) is 0 Å². The number of ether oxygens (including phenoxy) is 1. The van der Waals surface area contributed by atoms with E-state index in [0.29, 0.717) is 10.8 Å². The minimum atomic E-state index is -0.0590. The molecule has 262 valence electrons. The normalized spacial score (nSPS) is 12.8. The molecule has 52 heavy (non-hydrogen) atoms. The third-order valence-corrected chi connectivity index (χ3v) is 11.6. The molecule has 3 nitrogen and oxygen atoms in total. The number of fused-ring (bicyclic) bond motifs is 7. The average Bonchev–Trinajstić information content (AvgIpc) is 3.62. The fourth-order valence-electron chi connectivity index (χ4n) is 7.60. The van der Waals surface area contributed by atoms with Crippen molar-refractivity contribution in [2.45, 2.75) is 78.6 Å². The van der Waals surface area contributed by atoms with Crippen LogP contribution in [0.2, 0.25) is 5.02 Å². The number of pyridine rings is 1. The van der Waals surface area contributed by atoms with Crippen molar-refractivity contribution in [3.63, 3.8) is 0 Å². The van der Waals surface area contributed by atoms with Crippen LogP contribution >= 0.6 is 22.9 Å². The van der Waals surface area contributed by atoms with Crippen LogP contribution in [0.4, 0.5) is 0 Å². The van der Waals surface area contributed by atoms with E-state index in [1.165, 1.54) is 53.2 Å². The van der Waals surface area contributed by atoms with Crippen LogP contribution in [0.5, 0.6) is 11.5 Å². The average molecular weight is 721 g/mol. The van der Waals surface area contributed by atoms with Crippen molar-refractivity contribution < 1.29 is 4.74 Å². The lowest BCUT2D eigenvalue weighted by atomic mass is 9.74. The first-order chi connectivity index (χ1) is 24.6. The Balaban J connectivity index is 1.33. The van der Waals surface area contributed by atoms with Crippen molar-refractivity contribution in [3.05, 3.63) is 131 Å². The van der Waals surface area contributed by atoms with Crippen LogP contribution in [0.1, 0.15) is 79.0 Å². The summed E-state index contributed by atoms with van der Waals surface area (Å²) in [5.74, 6) is 2.33. The molecule has 0 saturated heterocycles. The zero-order valence-electron chi connectivity index (χ0n) is 31.5. The Kier molecular flexibility index (Phi) is 8.09. The smallest absolute Gasteiger partial charge is 0.137 e. The predicted octanol–water partition coefficient (Wildman–Crippen LogP) is 14.6. The molecule has 3 heterocycles. The van der Waals surface area contributed by atoms with E-state index >= 15 is 0 Å². The largest absolute Gasteiger partial charge is 0.457 e. The maximum Gasteiger partial charge on any atom is 0.137 e. The second-order valence-corrected chi connectivity index (χ2v) is 18.6. The molecule has 0 aliphatic rings. The number of rotatable bonds is 4. The highest BCUT2D eigenvalue weighted by molar-refractivity contribution is 7.26. The Labute approximate surface area is 315 Å². The Morgan fingerprint density at radius 2 is 1.33 bits per heavy atom. The number of hydrogen-bond donors (Lipinski definition) is 0. The van der Waals surface area contributed by atoms with Crippen LogP contribution in [0.15, 0.2) is 109 Å². The van der Waals surface area contributed by atoms with Crippen molar-refractivity contribution in [2.75, 3.05) is 0 Å². The number of nitrogens with zero attached hydrogens (tertiary/aromatic N) is 2. The summed E-state index contributed by atoms with van der Waals surface area (Å²) >= 11 is 8.76. The topological polar surface area (TPSA) is 27.1 Å². The van der Waals surface area contributed by atoms with E-state index in [0.717, 1.165) is 28.2 Å². The van der Waals surface area contributed by atoms with Crippen LogP contribution in [0.3, 0.4) is 0 Å². The molecule has 8 aromatic rings. The lowest BCUT2D eigenvalue weighted by Crippen LogP contribution is -2.19. The number of aromatic nitrogens is 2. The first-order valence-electron chi connectivity index (χ1n) is 18.1. The van der Waals surface area contributed by atoms with Gasteiger partial charge >= 0.3 is 0 Å². The van der Waals surface area contributed by atoms with E-state index in [2.05, 4.69) is 164 Å². The first-order valence-corrected chi connectivity index (χ1v) is 19.3. The molecule has 0 bridgehead atoms. The van der Waals surface area contributed by atoms with Gasteiger partial charge in [0.2, 0.25) is 0 Å². The summed E-state index contributed by atoms with van der Waals surface area (Å²) in [6.07, 6.45) is 1.93. The van der Waals surface area contributed by atoms with E-state index in [-0.39, 0.29) is 16.2 Å². The molecule has 0 atom stereocenters. The lowest BCUT2D eigenvalue weighted by molar-refractivity contribution is 0.483. The van der Waals surface area contributed by atoms with E-state index in [4.69, 9.17) is 21.3 Å². The van der Waals surface area contributed by atoms with E-state index in [9.17, 15) is 0 Å². The second-order valence-electron chi connectivity index (χ2n) is 17.1. The Hall–Kier alpha value is -4.64. The molecule has 5 heteroatoms. The highest BCUT2D eigenvalue weighted by Crippen LogP contribution is 2.46. The van der Waals surface area contributed by atoms with Gasteiger partial charge < -0.3 is 4.74 Å². The lowest BCUT2D eigenvalue weighted by Gasteiger charge is -2.30. The molecule has 0 saturated carbocycles. The molecule has 0 aliphatic heterocycles. The molecule has 0 spiro atoms. The van der Waals surface area contributed by atoms with E-state index in [1.54, 1.807) is 0 Å². The fraction of sp³-hybridized carbons (Fsp3) is 0.255. The highest BCUT2D eigenvalue weighted by atomic mass is 35.5. The minimum Gasteiger partial charge on any atom is -0.457 e. The van der Waals surface area contributed by atoms with Gasteiger partial charge in [0, 0.05) is 48.2 Å². The minimum absolute atomic E-state index is 0.0216. The van der Waals surface area contributed by atoms with Crippen LogP contribution in [-0.4, -0.2) is 9.55 Å². The summed E-state index contributed by atoms with van der Waals surface area (Å²) in [5, 5.41) is 5.62. The molecule has 3 aromatic heterocycles. The molecule has 0 amide bonds. The molecular formula is C47H45ClN2OS. The first kappa shape index (κ1) is 34.4. The van der Waals surface area contributed by atoms with Crippen molar-refractivity contribution >= 4 is 64.9 Å². The molecule has 0 fully saturated rings. The fourth-order valence-corrected chi connectivity index (χ4v) is 9.08. The van der Waals surface area contributed by atoms with Gasteiger partial charge in [-0.15, -0.1) is 11.3 Å². The number of benzene rings is 5. The van der Waals surface area contributed by atoms with Crippen molar-refractivity contribution in [3.8, 4) is 28.4 Å². The van der Waals surface area contributed by atoms with Crippen LogP contribution in [0, 0.1) is 0 Å². The maximum atomic E-state index is 6.90. The maximum absolute atomic E-state index is 6.90. The summed E-state index contributed by atoms with van der Waals surface area (Å²) in [5.41, 5.74) is 8.13. The van der Waals surface area contributed by atoms with Gasteiger partial charge in [0.15, 0.2) is 0 Å². The second kappa shape index (κ2) is 12.2. The van der Waals surface area contributed by atoms with Crippen molar-refractivity contribution in [1.29, 1.82) is 0 Å². The molecule has 0 aliphatic carbocycles. The zero-order valence-corrected chi connectivity index (χ0v) is 33.1. The summed E-state index contributed by atoms with van der Waals surface area (Å²) < 4.78 is 11.6. The SMILES string of the molecule is CC(C)(C)c1ccnc(-n2c3cc(Oc4cc(Cl)cc(-c5c(C(C)(C)C)cccc5C(C)(C)C)c4)ccc3c3c4sc5ccccc5c4ccc32)c1. The van der Waals surface area contributed by atoms with Gasteiger partial charge in [0.25, 0.3) is 0 Å².